The third kappa shape index (κ3) is 3.35. The lowest BCUT2D eigenvalue weighted by Crippen LogP contribution is -1.98. The molecule has 0 fully saturated rings. The minimum atomic E-state index is 0.300. The van der Waals surface area contributed by atoms with Crippen molar-refractivity contribution in [3.8, 4) is 16.9 Å². The maximum Gasteiger partial charge on any atom is 0.221 e. The molecule has 0 aliphatic rings. The number of nitrogens with zero attached hydrogens (tertiary/aromatic N) is 5. The minimum Gasteiger partial charge on any atom is -0.368 e. The molecule has 0 radical (unpaired) electrons. The standard InChI is InChI=1S/C20H17ClN6/c1-14-17(19(21)27(25-14)16-10-6-3-7-11-16)12-23-26-13-18(24-20(26)22)15-8-4-2-5-9-15/h2-13H,1H3,(H2,22,24)/b23-12+. The molecule has 4 aromatic rings. The van der Waals surface area contributed by atoms with Crippen LogP contribution in [-0.2, 0) is 0 Å². The van der Waals surface area contributed by atoms with Gasteiger partial charge in [0, 0.05) is 5.56 Å². The van der Waals surface area contributed by atoms with Crippen molar-refractivity contribution in [2.45, 2.75) is 6.92 Å². The molecule has 4 rings (SSSR count). The maximum atomic E-state index is 6.52. The fourth-order valence-electron chi connectivity index (χ4n) is 2.74. The van der Waals surface area contributed by atoms with Gasteiger partial charge in [-0.25, -0.2) is 14.3 Å². The first kappa shape index (κ1) is 17.1. The number of aryl methyl sites for hydroxylation is 1. The van der Waals surface area contributed by atoms with Crippen LogP contribution < -0.4 is 5.73 Å². The Morgan fingerprint density at radius 3 is 2.41 bits per heavy atom. The van der Waals surface area contributed by atoms with Gasteiger partial charge in [0.1, 0.15) is 5.15 Å². The first-order valence-electron chi connectivity index (χ1n) is 8.38. The van der Waals surface area contributed by atoms with Gasteiger partial charge in [-0.1, -0.05) is 60.1 Å². The summed E-state index contributed by atoms with van der Waals surface area (Å²) >= 11 is 6.52. The van der Waals surface area contributed by atoms with Gasteiger partial charge in [-0.15, -0.1) is 0 Å². The van der Waals surface area contributed by atoms with Crippen LogP contribution >= 0.6 is 11.6 Å². The second-order valence-electron chi connectivity index (χ2n) is 5.98. The number of hydrogen-bond acceptors (Lipinski definition) is 4. The van der Waals surface area contributed by atoms with Crippen LogP contribution in [-0.4, -0.2) is 25.7 Å². The molecule has 0 unspecified atom stereocenters. The van der Waals surface area contributed by atoms with E-state index < -0.39 is 0 Å². The number of aromatic nitrogens is 4. The molecule has 0 aliphatic carbocycles. The van der Waals surface area contributed by atoms with Gasteiger partial charge in [0.15, 0.2) is 0 Å². The van der Waals surface area contributed by atoms with Gasteiger partial charge in [0.25, 0.3) is 0 Å². The monoisotopic (exact) mass is 376 g/mol. The molecule has 0 amide bonds. The quantitative estimate of drug-likeness (QED) is 0.543. The summed E-state index contributed by atoms with van der Waals surface area (Å²) in [4.78, 5) is 4.36. The number of para-hydroxylation sites is 1. The van der Waals surface area contributed by atoms with Crippen LogP contribution in [0.15, 0.2) is 72.0 Å². The molecule has 6 nitrogen and oxygen atoms in total. The molecular formula is C20H17ClN6. The molecule has 0 spiro atoms. The summed E-state index contributed by atoms with van der Waals surface area (Å²) in [5.74, 6) is 0.300. The molecule has 2 heterocycles. The number of anilines is 1. The zero-order valence-corrected chi connectivity index (χ0v) is 15.4. The van der Waals surface area contributed by atoms with E-state index in [0.717, 1.165) is 28.2 Å². The third-order valence-corrected chi connectivity index (χ3v) is 4.51. The first-order valence-corrected chi connectivity index (χ1v) is 8.76. The zero-order valence-electron chi connectivity index (χ0n) is 14.6. The average molecular weight is 377 g/mol. The number of halogens is 1. The van der Waals surface area contributed by atoms with Crippen LogP contribution in [0, 0.1) is 6.92 Å². The van der Waals surface area contributed by atoms with Crippen molar-refractivity contribution >= 4 is 23.8 Å². The van der Waals surface area contributed by atoms with E-state index in [1.54, 1.807) is 17.1 Å². The average Bonchev–Trinajstić information content (AvgIpc) is 3.21. The van der Waals surface area contributed by atoms with Crippen molar-refractivity contribution in [2.75, 3.05) is 5.73 Å². The molecule has 2 aromatic heterocycles. The number of rotatable bonds is 4. The van der Waals surface area contributed by atoms with Crippen molar-refractivity contribution in [2.24, 2.45) is 5.10 Å². The smallest absolute Gasteiger partial charge is 0.221 e. The summed E-state index contributed by atoms with van der Waals surface area (Å²) in [6.07, 6.45) is 3.43. The van der Waals surface area contributed by atoms with Crippen LogP contribution in [0.2, 0.25) is 5.15 Å². The molecule has 0 saturated carbocycles. The van der Waals surface area contributed by atoms with Gasteiger partial charge in [-0.05, 0) is 19.1 Å². The van der Waals surface area contributed by atoms with E-state index in [-0.39, 0.29) is 0 Å². The lowest BCUT2D eigenvalue weighted by molar-refractivity contribution is 0.863. The Bertz CT molecular complexity index is 1100. The highest BCUT2D eigenvalue weighted by Gasteiger charge is 2.13. The van der Waals surface area contributed by atoms with Crippen LogP contribution in [0.1, 0.15) is 11.3 Å². The van der Waals surface area contributed by atoms with Gasteiger partial charge in [-0.3, -0.25) is 0 Å². The summed E-state index contributed by atoms with van der Waals surface area (Å²) in [6, 6.07) is 19.5. The molecule has 27 heavy (non-hydrogen) atoms. The first-order chi connectivity index (χ1) is 13.1. The molecule has 134 valence electrons. The van der Waals surface area contributed by atoms with Crippen molar-refractivity contribution in [3.63, 3.8) is 0 Å². The van der Waals surface area contributed by atoms with Crippen LogP contribution in [0.4, 0.5) is 5.95 Å². The molecule has 0 bridgehead atoms. The number of hydrogen-bond donors (Lipinski definition) is 1. The Balaban J connectivity index is 1.66. The van der Waals surface area contributed by atoms with E-state index >= 15 is 0 Å². The number of nitrogens with two attached hydrogens (primary N) is 1. The Labute approximate surface area is 161 Å². The molecule has 2 aromatic carbocycles. The fourth-order valence-corrected chi connectivity index (χ4v) is 3.06. The number of imidazole rings is 1. The third-order valence-electron chi connectivity index (χ3n) is 4.14. The van der Waals surface area contributed by atoms with E-state index in [0.29, 0.717) is 11.1 Å². The number of nitrogen functional groups attached to an aromatic ring is 1. The lowest BCUT2D eigenvalue weighted by Gasteiger charge is -2.01. The SMILES string of the molecule is Cc1nn(-c2ccccc2)c(Cl)c1/C=N/n1cc(-c2ccccc2)nc1N. The highest BCUT2D eigenvalue weighted by molar-refractivity contribution is 6.32. The Kier molecular flexibility index (Phi) is 4.48. The van der Waals surface area contributed by atoms with E-state index in [1.165, 1.54) is 4.68 Å². The van der Waals surface area contributed by atoms with E-state index in [9.17, 15) is 0 Å². The van der Waals surface area contributed by atoms with Gasteiger partial charge in [-0.2, -0.15) is 10.2 Å². The molecule has 0 saturated heterocycles. The normalized spacial score (nSPS) is 11.3. The van der Waals surface area contributed by atoms with Crippen LogP contribution in [0.3, 0.4) is 0 Å². The fraction of sp³-hybridized carbons (Fsp3) is 0.0500. The topological polar surface area (TPSA) is 74.0 Å². The number of benzene rings is 2. The van der Waals surface area contributed by atoms with Crippen molar-refractivity contribution in [1.29, 1.82) is 0 Å². The van der Waals surface area contributed by atoms with Crippen molar-refractivity contribution in [3.05, 3.63) is 83.3 Å². The summed E-state index contributed by atoms with van der Waals surface area (Å²) in [5.41, 5.74) is 10.1. The van der Waals surface area contributed by atoms with Gasteiger partial charge in [0.05, 0.1) is 35.1 Å². The molecule has 0 atom stereocenters. The minimum absolute atomic E-state index is 0.300. The van der Waals surface area contributed by atoms with E-state index in [4.69, 9.17) is 17.3 Å². The van der Waals surface area contributed by atoms with Crippen molar-refractivity contribution in [1.82, 2.24) is 19.4 Å². The Morgan fingerprint density at radius 1 is 1.04 bits per heavy atom. The predicted molar refractivity (Wildman–Crippen MR) is 108 cm³/mol. The Hall–Kier alpha value is -3.38. The highest BCUT2D eigenvalue weighted by atomic mass is 35.5. The van der Waals surface area contributed by atoms with Gasteiger partial charge in [0.2, 0.25) is 5.95 Å². The largest absolute Gasteiger partial charge is 0.368 e. The molecule has 2 N–H and O–H groups in total. The van der Waals surface area contributed by atoms with E-state index in [2.05, 4.69) is 15.2 Å². The van der Waals surface area contributed by atoms with Crippen molar-refractivity contribution < 1.29 is 0 Å². The Morgan fingerprint density at radius 2 is 1.70 bits per heavy atom. The second-order valence-corrected chi connectivity index (χ2v) is 6.33. The van der Waals surface area contributed by atoms with Gasteiger partial charge >= 0.3 is 0 Å². The zero-order chi connectivity index (χ0) is 18.8. The summed E-state index contributed by atoms with van der Waals surface area (Å²) in [6.45, 7) is 1.89. The van der Waals surface area contributed by atoms with Crippen LogP contribution in [0.5, 0.6) is 0 Å². The van der Waals surface area contributed by atoms with E-state index in [1.807, 2.05) is 67.6 Å². The summed E-state index contributed by atoms with van der Waals surface area (Å²) < 4.78 is 3.21. The molecule has 7 heteroatoms. The lowest BCUT2D eigenvalue weighted by atomic mass is 10.2. The summed E-state index contributed by atoms with van der Waals surface area (Å²) in [7, 11) is 0. The molecular weight excluding hydrogens is 360 g/mol. The van der Waals surface area contributed by atoms with Crippen LogP contribution in [0.25, 0.3) is 16.9 Å². The molecule has 0 aliphatic heterocycles. The predicted octanol–water partition coefficient (Wildman–Crippen LogP) is 4.16. The maximum absolute atomic E-state index is 6.52. The summed E-state index contributed by atoms with van der Waals surface area (Å²) in [5, 5.41) is 9.41. The second kappa shape index (κ2) is 7.09. The highest BCUT2D eigenvalue weighted by Crippen LogP contribution is 2.23. The van der Waals surface area contributed by atoms with Gasteiger partial charge < -0.3 is 5.73 Å².